The van der Waals surface area contributed by atoms with E-state index in [1.54, 1.807) is 13.1 Å². The van der Waals surface area contributed by atoms with Crippen molar-refractivity contribution in [2.24, 2.45) is 0 Å². The van der Waals surface area contributed by atoms with Gasteiger partial charge in [-0.25, -0.2) is 8.42 Å². The zero-order valence-electron chi connectivity index (χ0n) is 11.1. The summed E-state index contributed by atoms with van der Waals surface area (Å²) < 4.78 is 32.1. The van der Waals surface area contributed by atoms with Crippen LogP contribution in [0.1, 0.15) is 23.3 Å². The number of likely N-dealkylation sites (N-methyl/N-ethyl adjacent to an activating group) is 1. The van der Waals surface area contributed by atoms with Crippen molar-refractivity contribution in [2.45, 2.75) is 36.0 Å². The molecule has 0 aromatic carbocycles. The van der Waals surface area contributed by atoms with Gasteiger partial charge in [-0.2, -0.15) is 4.31 Å². The van der Waals surface area contributed by atoms with E-state index in [-0.39, 0.29) is 6.10 Å². The van der Waals surface area contributed by atoms with Crippen molar-refractivity contribution in [3.63, 3.8) is 0 Å². The minimum Gasteiger partial charge on any atom is -0.377 e. The minimum atomic E-state index is -3.43. The summed E-state index contributed by atoms with van der Waals surface area (Å²) in [6.07, 6.45) is 1.96. The van der Waals surface area contributed by atoms with Gasteiger partial charge >= 0.3 is 0 Å². The number of hydrogen-bond donors (Lipinski definition) is 0. The second-order valence-corrected chi connectivity index (χ2v) is 8.40. The number of halogens is 1. The molecule has 1 unspecified atom stereocenters. The van der Waals surface area contributed by atoms with Crippen molar-refractivity contribution in [1.82, 2.24) is 4.31 Å². The molecule has 2 heterocycles. The molecule has 1 saturated heterocycles. The summed E-state index contributed by atoms with van der Waals surface area (Å²) in [6, 6.07) is 1.70. The molecule has 0 aliphatic carbocycles. The lowest BCUT2D eigenvalue weighted by atomic mass is 10.2. The molecular weight excluding hydrogens is 306 g/mol. The van der Waals surface area contributed by atoms with Crippen molar-refractivity contribution in [2.75, 3.05) is 20.2 Å². The molecule has 0 radical (unpaired) electrons. The monoisotopic (exact) mass is 323 g/mol. The molecule has 108 valence electrons. The molecule has 0 N–H and O–H groups in total. The number of rotatable bonds is 5. The van der Waals surface area contributed by atoms with Crippen molar-refractivity contribution in [3.8, 4) is 0 Å². The topological polar surface area (TPSA) is 46.6 Å². The lowest BCUT2D eigenvalue weighted by Gasteiger charge is -2.19. The van der Waals surface area contributed by atoms with E-state index < -0.39 is 10.0 Å². The molecule has 19 heavy (non-hydrogen) atoms. The summed E-state index contributed by atoms with van der Waals surface area (Å²) >= 11 is 7.04. The summed E-state index contributed by atoms with van der Waals surface area (Å²) in [4.78, 5) is 0.908. The predicted octanol–water partition coefficient (Wildman–Crippen LogP) is 2.59. The first-order chi connectivity index (χ1) is 8.95. The Morgan fingerprint density at radius 2 is 2.32 bits per heavy atom. The van der Waals surface area contributed by atoms with Gasteiger partial charge in [0.2, 0.25) is 0 Å². The SMILES string of the molecule is Cc1cc(S(=O)(=O)N(C)CC2CCCO2)sc1CCl. The Morgan fingerprint density at radius 3 is 2.84 bits per heavy atom. The molecule has 0 saturated carbocycles. The second-order valence-electron chi connectivity index (χ2n) is 4.73. The van der Waals surface area contributed by atoms with Crippen LogP contribution in [0.4, 0.5) is 0 Å². The zero-order valence-corrected chi connectivity index (χ0v) is 13.4. The first-order valence-electron chi connectivity index (χ1n) is 6.18. The first kappa shape index (κ1) is 15.3. The molecule has 1 aromatic heterocycles. The average Bonchev–Trinajstić information content (AvgIpc) is 2.98. The molecule has 1 aliphatic heterocycles. The maximum Gasteiger partial charge on any atom is 0.252 e. The fourth-order valence-electron chi connectivity index (χ4n) is 2.08. The Bertz CT molecular complexity index is 535. The van der Waals surface area contributed by atoms with Crippen LogP contribution >= 0.6 is 22.9 Å². The quantitative estimate of drug-likeness (QED) is 0.782. The van der Waals surface area contributed by atoms with E-state index in [2.05, 4.69) is 0 Å². The van der Waals surface area contributed by atoms with Crippen LogP contribution in [-0.4, -0.2) is 39.0 Å². The molecule has 0 spiro atoms. The van der Waals surface area contributed by atoms with Gasteiger partial charge in [0.1, 0.15) is 4.21 Å². The standard InChI is InChI=1S/C12H18ClNO3S2/c1-9-6-12(18-11(9)7-13)19(15,16)14(2)8-10-4-3-5-17-10/h6,10H,3-5,7-8H2,1-2H3. The van der Waals surface area contributed by atoms with E-state index in [0.29, 0.717) is 16.6 Å². The Morgan fingerprint density at radius 1 is 1.58 bits per heavy atom. The third kappa shape index (κ3) is 3.31. The smallest absolute Gasteiger partial charge is 0.252 e. The summed E-state index contributed by atoms with van der Waals surface area (Å²) in [7, 11) is -1.82. The van der Waals surface area contributed by atoms with Gasteiger partial charge in [-0.15, -0.1) is 22.9 Å². The van der Waals surface area contributed by atoms with Gasteiger partial charge in [0.15, 0.2) is 0 Å². The van der Waals surface area contributed by atoms with E-state index >= 15 is 0 Å². The number of sulfonamides is 1. The van der Waals surface area contributed by atoms with Gasteiger partial charge in [-0.05, 0) is 31.4 Å². The van der Waals surface area contributed by atoms with Gasteiger partial charge < -0.3 is 4.74 Å². The Balaban J connectivity index is 2.15. The van der Waals surface area contributed by atoms with Gasteiger partial charge in [-0.1, -0.05) is 0 Å². The molecule has 1 aromatic rings. The average molecular weight is 324 g/mol. The molecule has 1 aliphatic rings. The van der Waals surface area contributed by atoms with Crippen LogP contribution in [-0.2, 0) is 20.6 Å². The highest BCUT2D eigenvalue weighted by molar-refractivity contribution is 7.91. The Labute approximate surface area is 123 Å². The van der Waals surface area contributed by atoms with Crippen molar-refractivity contribution in [1.29, 1.82) is 0 Å². The van der Waals surface area contributed by atoms with E-state index in [4.69, 9.17) is 16.3 Å². The van der Waals surface area contributed by atoms with Crippen LogP contribution in [0.3, 0.4) is 0 Å². The lowest BCUT2D eigenvalue weighted by Crippen LogP contribution is -2.33. The lowest BCUT2D eigenvalue weighted by molar-refractivity contribution is 0.0979. The van der Waals surface area contributed by atoms with E-state index in [9.17, 15) is 8.42 Å². The highest BCUT2D eigenvalue weighted by atomic mass is 35.5. The highest BCUT2D eigenvalue weighted by Crippen LogP contribution is 2.29. The van der Waals surface area contributed by atoms with Crippen molar-refractivity contribution >= 4 is 33.0 Å². The molecule has 7 heteroatoms. The molecule has 1 atom stereocenters. The minimum absolute atomic E-state index is 0.0216. The van der Waals surface area contributed by atoms with Gasteiger partial charge in [0.05, 0.1) is 12.0 Å². The Hall–Kier alpha value is -0.140. The molecule has 0 bridgehead atoms. The molecule has 4 nitrogen and oxygen atoms in total. The van der Waals surface area contributed by atoms with Crippen LogP contribution in [0.15, 0.2) is 10.3 Å². The maximum absolute atomic E-state index is 12.4. The number of aryl methyl sites for hydroxylation is 1. The van der Waals surface area contributed by atoms with Crippen LogP contribution in [0.2, 0.25) is 0 Å². The Kier molecular flexibility index (Phi) is 4.89. The largest absolute Gasteiger partial charge is 0.377 e. The molecule has 0 amide bonds. The zero-order chi connectivity index (χ0) is 14.0. The van der Waals surface area contributed by atoms with Gasteiger partial charge in [-0.3, -0.25) is 0 Å². The number of ether oxygens (including phenoxy) is 1. The van der Waals surface area contributed by atoms with E-state index in [0.717, 1.165) is 29.9 Å². The fourth-order valence-corrected chi connectivity index (χ4v) is 5.30. The molecular formula is C12H18ClNO3S2. The first-order valence-corrected chi connectivity index (χ1v) is 8.97. The molecule has 1 fully saturated rings. The van der Waals surface area contributed by atoms with Crippen LogP contribution in [0, 0.1) is 6.92 Å². The van der Waals surface area contributed by atoms with Crippen molar-refractivity contribution < 1.29 is 13.2 Å². The molecule has 2 rings (SSSR count). The van der Waals surface area contributed by atoms with E-state index in [1.807, 2.05) is 6.92 Å². The highest BCUT2D eigenvalue weighted by Gasteiger charge is 2.27. The summed E-state index contributed by atoms with van der Waals surface area (Å²) in [5.74, 6) is 0.349. The summed E-state index contributed by atoms with van der Waals surface area (Å²) in [5.41, 5.74) is 0.934. The summed E-state index contributed by atoms with van der Waals surface area (Å²) in [5, 5.41) is 0. The number of alkyl halides is 1. The van der Waals surface area contributed by atoms with Crippen molar-refractivity contribution in [3.05, 3.63) is 16.5 Å². The third-order valence-electron chi connectivity index (χ3n) is 3.27. The number of nitrogens with zero attached hydrogens (tertiary/aromatic N) is 1. The van der Waals surface area contributed by atoms with E-state index in [1.165, 1.54) is 15.6 Å². The summed E-state index contributed by atoms with van der Waals surface area (Å²) in [6.45, 7) is 3.02. The number of hydrogen-bond acceptors (Lipinski definition) is 4. The van der Waals surface area contributed by atoms with Crippen LogP contribution in [0.25, 0.3) is 0 Å². The van der Waals surface area contributed by atoms with Crippen LogP contribution < -0.4 is 0 Å². The third-order valence-corrected chi connectivity index (χ3v) is 7.20. The predicted molar refractivity (Wildman–Crippen MR) is 77.4 cm³/mol. The fraction of sp³-hybridized carbons (Fsp3) is 0.667. The maximum atomic E-state index is 12.4. The van der Waals surface area contributed by atoms with Gasteiger partial charge in [0.25, 0.3) is 10.0 Å². The van der Waals surface area contributed by atoms with Gasteiger partial charge in [0, 0.05) is 25.1 Å². The second kappa shape index (κ2) is 6.10. The number of thiophene rings is 1. The normalized spacial score (nSPS) is 20.3. The van der Waals surface area contributed by atoms with Crippen LogP contribution in [0.5, 0.6) is 0 Å².